The highest BCUT2D eigenvalue weighted by atomic mass is 16.5. The fourth-order valence-corrected chi connectivity index (χ4v) is 2.09. The number of quaternary nitrogens is 1. The van der Waals surface area contributed by atoms with Crippen LogP contribution in [0.2, 0.25) is 0 Å². The number of amides is 1. The van der Waals surface area contributed by atoms with Crippen LogP contribution in [0.4, 0.5) is 0 Å². The number of carbonyl (C=O) groups excluding carboxylic acids is 1. The zero-order chi connectivity index (χ0) is 12.6. The van der Waals surface area contributed by atoms with Gasteiger partial charge in [0.2, 0.25) is 5.91 Å². The Bertz CT molecular complexity index is 361. The molecule has 0 bridgehead atoms. The van der Waals surface area contributed by atoms with E-state index in [1.54, 1.807) is 0 Å². The Balaban J connectivity index is 1.63. The van der Waals surface area contributed by atoms with Crippen molar-refractivity contribution in [2.75, 3.05) is 32.8 Å². The van der Waals surface area contributed by atoms with Crippen LogP contribution in [-0.2, 0) is 16.1 Å². The average molecular weight is 249 g/mol. The van der Waals surface area contributed by atoms with Gasteiger partial charge in [-0.15, -0.1) is 0 Å². The summed E-state index contributed by atoms with van der Waals surface area (Å²) in [6.45, 7) is 5.21. The minimum absolute atomic E-state index is 0.137. The first kappa shape index (κ1) is 13.1. The van der Waals surface area contributed by atoms with E-state index in [1.807, 2.05) is 30.3 Å². The number of carbonyl (C=O) groups is 1. The number of nitrogens with one attached hydrogen (secondary N) is 2. The molecule has 0 saturated carbocycles. The first-order chi connectivity index (χ1) is 8.84. The van der Waals surface area contributed by atoms with Gasteiger partial charge in [-0.3, -0.25) is 4.79 Å². The van der Waals surface area contributed by atoms with Crippen molar-refractivity contribution in [3.63, 3.8) is 0 Å². The molecule has 0 aliphatic carbocycles. The molecule has 1 saturated heterocycles. The van der Waals surface area contributed by atoms with E-state index >= 15 is 0 Å². The molecule has 0 unspecified atom stereocenters. The summed E-state index contributed by atoms with van der Waals surface area (Å²) in [5, 5.41) is 2.96. The molecule has 1 amide bonds. The van der Waals surface area contributed by atoms with Gasteiger partial charge in [0.25, 0.3) is 0 Å². The van der Waals surface area contributed by atoms with Gasteiger partial charge >= 0.3 is 0 Å². The van der Waals surface area contributed by atoms with Crippen LogP contribution in [0.15, 0.2) is 30.3 Å². The predicted octanol–water partition coefficient (Wildman–Crippen LogP) is -0.392. The molecule has 4 nitrogen and oxygen atoms in total. The molecular weight excluding hydrogens is 228 g/mol. The standard InChI is InChI=1S/C14H20N2O2/c17-14(6-7-16-8-10-18-11-9-16)15-12-13-4-2-1-3-5-13/h1-5H,6-12H2,(H,15,17)/p+1. The fourth-order valence-electron chi connectivity index (χ4n) is 2.09. The number of hydrogen-bond donors (Lipinski definition) is 2. The summed E-state index contributed by atoms with van der Waals surface area (Å²) in [7, 11) is 0. The van der Waals surface area contributed by atoms with Crippen molar-refractivity contribution in [1.29, 1.82) is 0 Å². The third-order valence-corrected chi connectivity index (χ3v) is 3.24. The van der Waals surface area contributed by atoms with E-state index in [2.05, 4.69) is 5.32 Å². The van der Waals surface area contributed by atoms with Crippen molar-refractivity contribution in [1.82, 2.24) is 5.32 Å². The Morgan fingerprint density at radius 3 is 2.67 bits per heavy atom. The summed E-state index contributed by atoms with van der Waals surface area (Å²) in [5.41, 5.74) is 1.14. The molecule has 1 aliphatic rings. The SMILES string of the molecule is O=C(CC[NH+]1CCOCC1)NCc1ccccc1. The predicted molar refractivity (Wildman–Crippen MR) is 69.3 cm³/mol. The van der Waals surface area contributed by atoms with E-state index in [-0.39, 0.29) is 5.91 Å². The molecule has 1 aromatic carbocycles. The van der Waals surface area contributed by atoms with Gasteiger partial charge in [0, 0.05) is 6.54 Å². The lowest BCUT2D eigenvalue weighted by atomic mass is 10.2. The largest absolute Gasteiger partial charge is 0.370 e. The highest BCUT2D eigenvalue weighted by molar-refractivity contribution is 5.75. The highest BCUT2D eigenvalue weighted by Gasteiger charge is 2.14. The van der Waals surface area contributed by atoms with Crippen LogP contribution in [0.5, 0.6) is 0 Å². The fraction of sp³-hybridized carbons (Fsp3) is 0.500. The first-order valence-corrected chi connectivity index (χ1v) is 6.56. The molecule has 18 heavy (non-hydrogen) atoms. The van der Waals surface area contributed by atoms with Crippen LogP contribution < -0.4 is 10.2 Å². The van der Waals surface area contributed by atoms with Crippen LogP contribution in [0.25, 0.3) is 0 Å². The van der Waals surface area contributed by atoms with E-state index in [4.69, 9.17) is 4.74 Å². The van der Waals surface area contributed by atoms with Crippen LogP contribution in [0.1, 0.15) is 12.0 Å². The zero-order valence-corrected chi connectivity index (χ0v) is 10.7. The maximum absolute atomic E-state index is 11.7. The third kappa shape index (κ3) is 4.47. The van der Waals surface area contributed by atoms with Gasteiger partial charge in [-0.1, -0.05) is 30.3 Å². The van der Waals surface area contributed by atoms with Crippen LogP contribution >= 0.6 is 0 Å². The van der Waals surface area contributed by atoms with Crippen LogP contribution in [-0.4, -0.2) is 38.8 Å². The van der Waals surface area contributed by atoms with Gasteiger partial charge < -0.3 is 15.0 Å². The molecule has 1 aromatic rings. The van der Waals surface area contributed by atoms with E-state index in [0.717, 1.165) is 38.4 Å². The normalized spacial score (nSPS) is 16.4. The number of ether oxygens (including phenoxy) is 1. The Hall–Kier alpha value is -1.39. The molecule has 0 atom stereocenters. The number of benzene rings is 1. The Labute approximate surface area is 108 Å². The Morgan fingerprint density at radius 2 is 1.94 bits per heavy atom. The molecule has 1 fully saturated rings. The highest BCUT2D eigenvalue weighted by Crippen LogP contribution is 1.97. The average Bonchev–Trinajstić information content (AvgIpc) is 2.45. The van der Waals surface area contributed by atoms with E-state index < -0.39 is 0 Å². The van der Waals surface area contributed by atoms with Gasteiger partial charge in [0.15, 0.2) is 0 Å². The first-order valence-electron chi connectivity index (χ1n) is 6.56. The summed E-state index contributed by atoms with van der Waals surface area (Å²) < 4.78 is 5.29. The Kier molecular flexibility index (Phi) is 5.17. The van der Waals surface area contributed by atoms with Crippen molar-refractivity contribution in [2.45, 2.75) is 13.0 Å². The van der Waals surface area contributed by atoms with Gasteiger partial charge in [0.05, 0.1) is 26.2 Å². The van der Waals surface area contributed by atoms with Gasteiger partial charge in [0.1, 0.15) is 13.1 Å². The van der Waals surface area contributed by atoms with Crippen LogP contribution in [0.3, 0.4) is 0 Å². The summed E-state index contributed by atoms with van der Waals surface area (Å²) >= 11 is 0. The van der Waals surface area contributed by atoms with Crippen LogP contribution in [0, 0.1) is 0 Å². The lowest BCUT2D eigenvalue weighted by Crippen LogP contribution is -3.14. The molecule has 2 N–H and O–H groups in total. The monoisotopic (exact) mass is 249 g/mol. The molecule has 0 aromatic heterocycles. The number of rotatable bonds is 5. The second kappa shape index (κ2) is 7.13. The van der Waals surface area contributed by atoms with Crippen molar-refractivity contribution in [3.05, 3.63) is 35.9 Å². The molecule has 0 radical (unpaired) electrons. The molecule has 1 heterocycles. The van der Waals surface area contributed by atoms with Gasteiger partial charge in [-0.25, -0.2) is 0 Å². The summed E-state index contributed by atoms with van der Waals surface area (Å²) in [4.78, 5) is 13.2. The number of hydrogen-bond acceptors (Lipinski definition) is 2. The molecule has 4 heteroatoms. The van der Waals surface area contributed by atoms with Crippen molar-refractivity contribution < 1.29 is 14.4 Å². The maximum Gasteiger partial charge on any atom is 0.225 e. The minimum atomic E-state index is 0.137. The van der Waals surface area contributed by atoms with Gasteiger partial charge in [-0.05, 0) is 5.56 Å². The topological polar surface area (TPSA) is 42.8 Å². The van der Waals surface area contributed by atoms with Crippen molar-refractivity contribution in [2.24, 2.45) is 0 Å². The third-order valence-electron chi connectivity index (χ3n) is 3.24. The smallest absolute Gasteiger partial charge is 0.225 e. The molecule has 1 aliphatic heterocycles. The van der Waals surface area contributed by atoms with Crippen molar-refractivity contribution >= 4 is 5.91 Å². The summed E-state index contributed by atoms with van der Waals surface area (Å²) in [6.07, 6.45) is 0.599. The van der Waals surface area contributed by atoms with Gasteiger partial charge in [-0.2, -0.15) is 0 Å². The maximum atomic E-state index is 11.7. The molecule has 98 valence electrons. The van der Waals surface area contributed by atoms with E-state index in [9.17, 15) is 4.79 Å². The molecular formula is C14H21N2O2+. The summed E-state index contributed by atoms with van der Waals surface area (Å²) in [5.74, 6) is 0.137. The summed E-state index contributed by atoms with van der Waals surface area (Å²) in [6, 6.07) is 9.99. The lowest BCUT2D eigenvalue weighted by Gasteiger charge is -2.23. The Morgan fingerprint density at radius 1 is 1.22 bits per heavy atom. The minimum Gasteiger partial charge on any atom is -0.370 e. The molecule has 2 rings (SSSR count). The number of morpholine rings is 1. The second-order valence-corrected chi connectivity index (χ2v) is 4.62. The van der Waals surface area contributed by atoms with E-state index in [0.29, 0.717) is 13.0 Å². The zero-order valence-electron chi connectivity index (χ0n) is 10.7. The van der Waals surface area contributed by atoms with Crippen molar-refractivity contribution in [3.8, 4) is 0 Å². The second-order valence-electron chi connectivity index (χ2n) is 4.62. The lowest BCUT2D eigenvalue weighted by molar-refractivity contribution is -0.907. The quantitative estimate of drug-likeness (QED) is 0.746. The molecule has 0 spiro atoms. The van der Waals surface area contributed by atoms with E-state index in [1.165, 1.54) is 4.90 Å².